The quantitative estimate of drug-likeness (QED) is 0.160. The van der Waals surface area contributed by atoms with Crippen LogP contribution in [0.3, 0.4) is 0 Å². The van der Waals surface area contributed by atoms with Crippen LogP contribution in [0.2, 0.25) is 0 Å². The fourth-order valence-corrected chi connectivity index (χ4v) is 6.73. The molecule has 0 aliphatic rings. The first-order valence-electron chi connectivity index (χ1n) is 8.11. The fraction of sp³-hybridized carbons (Fsp3) is 0. The summed E-state index contributed by atoms with van der Waals surface area (Å²) in [6, 6.07) is 4.98. The van der Waals surface area contributed by atoms with Crippen molar-refractivity contribution in [2.75, 3.05) is 0 Å². The Hall–Kier alpha value is -1.44. The van der Waals surface area contributed by atoms with Crippen molar-refractivity contribution in [1.29, 1.82) is 0 Å². The second kappa shape index (κ2) is 7.79. The molecule has 0 atom stereocenters. The SMILES string of the molecule is O=S(=O)(O)c1cc(S(=O)(=O)O)c2ccc3c(S(=O)(=O)O)cc(S(=O)(=O)O)c4ccc1c2c43.[NaH]. The van der Waals surface area contributed by atoms with Crippen molar-refractivity contribution in [2.45, 2.75) is 19.6 Å². The van der Waals surface area contributed by atoms with E-state index in [1.54, 1.807) is 0 Å². The van der Waals surface area contributed by atoms with E-state index in [4.69, 9.17) is 0 Å². The Bertz CT molecular complexity index is 1640. The Morgan fingerprint density at radius 2 is 0.606 bits per heavy atom. The van der Waals surface area contributed by atoms with Crippen LogP contribution in [0.15, 0.2) is 56.0 Å². The van der Waals surface area contributed by atoms with Gasteiger partial charge in [0.1, 0.15) is 19.6 Å². The Labute approximate surface area is 208 Å². The summed E-state index contributed by atoms with van der Waals surface area (Å²) < 4.78 is 134. The molecular weight excluding hydrogens is 535 g/mol. The zero-order valence-corrected chi connectivity index (χ0v) is 18.4. The van der Waals surface area contributed by atoms with Gasteiger partial charge in [0.2, 0.25) is 0 Å². The van der Waals surface area contributed by atoms with Crippen molar-refractivity contribution in [3.8, 4) is 0 Å². The predicted octanol–water partition coefficient (Wildman–Crippen LogP) is 0.922. The van der Waals surface area contributed by atoms with Gasteiger partial charge in [-0.2, -0.15) is 33.7 Å². The standard InChI is InChI=1S/C16H10O12S4.Na.H/c17-29(18,19)11-5-13(31(23,24)25)9-3-4-10-14(32(26,27)28)6-12(30(20,21)22)8-2-1-7(11)15(9)16(8)10;;/h1-6H,(H,17,18,19)(H,20,21,22)(H,23,24,25)(H,26,27,28);;. The van der Waals surface area contributed by atoms with E-state index in [2.05, 4.69) is 0 Å². The van der Waals surface area contributed by atoms with Crippen molar-refractivity contribution >= 4 is 102 Å². The van der Waals surface area contributed by atoms with Crippen LogP contribution < -0.4 is 0 Å². The molecule has 172 valence electrons. The van der Waals surface area contributed by atoms with Gasteiger partial charge in [-0.15, -0.1) is 0 Å². The van der Waals surface area contributed by atoms with Crippen LogP contribution in [0, 0.1) is 0 Å². The first-order valence-corrected chi connectivity index (χ1v) is 13.9. The van der Waals surface area contributed by atoms with Crippen molar-refractivity contribution in [1.82, 2.24) is 0 Å². The predicted molar refractivity (Wildman–Crippen MR) is 117 cm³/mol. The average Bonchev–Trinajstić information content (AvgIpc) is 2.61. The van der Waals surface area contributed by atoms with E-state index in [1.165, 1.54) is 0 Å². The van der Waals surface area contributed by atoms with Crippen LogP contribution in [-0.2, 0) is 40.5 Å². The van der Waals surface area contributed by atoms with Gasteiger partial charge < -0.3 is 0 Å². The molecule has 0 radical (unpaired) electrons. The summed E-state index contributed by atoms with van der Waals surface area (Å²) in [5.74, 6) is 0. The number of hydrogen-bond donors (Lipinski definition) is 4. The molecule has 0 aliphatic carbocycles. The molecular formula is C16H11NaO12S4. The Kier molecular flexibility index (Phi) is 6.18. The molecule has 0 bridgehead atoms. The molecule has 4 rings (SSSR count). The van der Waals surface area contributed by atoms with Crippen LogP contribution in [0.4, 0.5) is 0 Å². The summed E-state index contributed by atoms with van der Waals surface area (Å²) in [5.41, 5.74) is 0. The van der Waals surface area contributed by atoms with Crippen LogP contribution in [0.5, 0.6) is 0 Å². The number of rotatable bonds is 4. The summed E-state index contributed by atoms with van der Waals surface area (Å²) in [6.07, 6.45) is 0. The van der Waals surface area contributed by atoms with Crippen molar-refractivity contribution in [2.24, 2.45) is 0 Å². The Morgan fingerprint density at radius 1 is 0.424 bits per heavy atom. The first kappa shape index (κ1) is 26.2. The van der Waals surface area contributed by atoms with Gasteiger partial charge in [0.15, 0.2) is 0 Å². The van der Waals surface area contributed by atoms with Gasteiger partial charge in [-0.05, 0) is 12.1 Å². The molecule has 4 aromatic rings. The zero-order valence-electron chi connectivity index (χ0n) is 15.2. The second-order valence-electron chi connectivity index (χ2n) is 6.72. The minimum absolute atomic E-state index is 0. The minimum atomic E-state index is -5.10. The van der Waals surface area contributed by atoms with E-state index in [0.29, 0.717) is 12.1 Å². The van der Waals surface area contributed by atoms with E-state index < -0.39 is 60.1 Å². The second-order valence-corrected chi connectivity index (χ2v) is 12.3. The molecule has 0 amide bonds. The van der Waals surface area contributed by atoms with E-state index in [1.807, 2.05) is 0 Å². The molecule has 4 aromatic carbocycles. The van der Waals surface area contributed by atoms with Crippen LogP contribution in [-0.4, -0.2) is 81.4 Å². The molecule has 17 heteroatoms. The van der Waals surface area contributed by atoms with Crippen LogP contribution >= 0.6 is 0 Å². The molecule has 0 spiro atoms. The monoisotopic (exact) mass is 546 g/mol. The topological polar surface area (TPSA) is 217 Å². The summed E-state index contributed by atoms with van der Waals surface area (Å²) >= 11 is 0. The first-order chi connectivity index (χ1) is 14.4. The van der Waals surface area contributed by atoms with Gasteiger partial charge in [0.05, 0.1) is 0 Å². The summed E-state index contributed by atoms with van der Waals surface area (Å²) in [5, 5.41) is -2.11. The van der Waals surface area contributed by atoms with E-state index in [-0.39, 0.29) is 61.9 Å². The van der Waals surface area contributed by atoms with Gasteiger partial charge in [-0.1, -0.05) is 24.3 Å². The summed E-state index contributed by atoms with van der Waals surface area (Å²) in [6.45, 7) is 0. The van der Waals surface area contributed by atoms with E-state index >= 15 is 0 Å². The van der Waals surface area contributed by atoms with E-state index in [0.717, 1.165) is 24.3 Å². The maximum absolute atomic E-state index is 11.9. The molecule has 12 nitrogen and oxygen atoms in total. The number of benzene rings is 4. The third-order valence-corrected chi connectivity index (χ3v) is 8.43. The molecule has 0 unspecified atom stereocenters. The van der Waals surface area contributed by atoms with Crippen LogP contribution in [0.25, 0.3) is 32.3 Å². The molecule has 0 aromatic heterocycles. The van der Waals surface area contributed by atoms with Gasteiger partial charge in [0, 0.05) is 32.3 Å². The molecule has 0 fully saturated rings. The third-order valence-electron chi connectivity index (χ3n) is 4.86. The third kappa shape index (κ3) is 4.25. The normalized spacial score (nSPS) is 13.6. The van der Waals surface area contributed by atoms with Gasteiger partial charge in [-0.25, -0.2) is 0 Å². The van der Waals surface area contributed by atoms with Gasteiger partial charge in [0.25, 0.3) is 40.5 Å². The van der Waals surface area contributed by atoms with Gasteiger partial charge in [-0.3, -0.25) is 18.2 Å². The summed E-state index contributed by atoms with van der Waals surface area (Å²) in [7, 11) is -20.4. The fourth-order valence-electron chi connectivity index (χ4n) is 3.72. The molecule has 0 aliphatic heterocycles. The molecule has 0 heterocycles. The molecule has 33 heavy (non-hydrogen) atoms. The molecule has 0 saturated carbocycles. The van der Waals surface area contributed by atoms with Crippen molar-refractivity contribution in [3.63, 3.8) is 0 Å². The van der Waals surface area contributed by atoms with Gasteiger partial charge >= 0.3 is 29.6 Å². The van der Waals surface area contributed by atoms with Crippen molar-refractivity contribution in [3.05, 3.63) is 36.4 Å². The number of hydrogen-bond acceptors (Lipinski definition) is 8. The average molecular weight is 547 g/mol. The summed E-state index contributed by atoms with van der Waals surface area (Å²) in [4.78, 5) is -3.90. The van der Waals surface area contributed by atoms with E-state index in [9.17, 15) is 51.9 Å². The van der Waals surface area contributed by atoms with Crippen molar-refractivity contribution < 1.29 is 51.9 Å². The zero-order chi connectivity index (χ0) is 24.0. The Morgan fingerprint density at radius 3 is 0.758 bits per heavy atom. The van der Waals surface area contributed by atoms with Crippen LogP contribution in [0.1, 0.15) is 0 Å². The molecule has 0 saturated heterocycles. The maximum atomic E-state index is 11.9. The molecule has 4 N–H and O–H groups in total. The Balaban J connectivity index is 0.00000306.